The molecule has 0 N–H and O–H groups in total. The molecule has 6 nitrogen and oxygen atoms in total. The van der Waals surface area contributed by atoms with Crippen LogP contribution in [0.3, 0.4) is 0 Å². The minimum atomic E-state index is 0.0504. The fourth-order valence-electron chi connectivity index (χ4n) is 3.93. The van der Waals surface area contributed by atoms with E-state index < -0.39 is 0 Å². The SMILES string of the molecule is Cc1cccc2sc(N3CCN(C(=O)c4cnn(-c5ccccc5)c4C)CC3)nc12. The van der Waals surface area contributed by atoms with Crippen LogP contribution in [0, 0.1) is 13.8 Å². The van der Waals surface area contributed by atoms with E-state index in [2.05, 4.69) is 35.1 Å². The van der Waals surface area contributed by atoms with Gasteiger partial charge in [0.1, 0.15) is 0 Å². The third-order valence-electron chi connectivity index (χ3n) is 5.69. The van der Waals surface area contributed by atoms with E-state index in [1.54, 1.807) is 17.5 Å². The van der Waals surface area contributed by atoms with E-state index in [-0.39, 0.29) is 5.91 Å². The third kappa shape index (κ3) is 3.25. The summed E-state index contributed by atoms with van der Waals surface area (Å²) in [6.07, 6.45) is 1.69. The van der Waals surface area contributed by atoms with Crippen LogP contribution >= 0.6 is 11.3 Å². The molecule has 7 heteroatoms. The van der Waals surface area contributed by atoms with E-state index in [1.165, 1.54) is 10.3 Å². The Bertz CT molecular complexity index is 1210. The van der Waals surface area contributed by atoms with Crippen molar-refractivity contribution in [2.24, 2.45) is 0 Å². The molecule has 1 saturated heterocycles. The molecule has 1 fully saturated rings. The number of rotatable bonds is 3. The van der Waals surface area contributed by atoms with Crippen LogP contribution in [0.5, 0.6) is 0 Å². The van der Waals surface area contributed by atoms with Crippen LogP contribution in [-0.4, -0.2) is 51.8 Å². The van der Waals surface area contributed by atoms with Gasteiger partial charge in [0.05, 0.1) is 33.4 Å². The second-order valence-electron chi connectivity index (χ2n) is 7.59. The van der Waals surface area contributed by atoms with Crippen molar-refractivity contribution in [3.63, 3.8) is 0 Å². The highest BCUT2D eigenvalue weighted by Gasteiger charge is 2.26. The molecular weight excluding hydrogens is 394 g/mol. The molecule has 0 bridgehead atoms. The summed E-state index contributed by atoms with van der Waals surface area (Å²) in [6, 6.07) is 16.2. The summed E-state index contributed by atoms with van der Waals surface area (Å²) in [5.74, 6) is 0.0504. The van der Waals surface area contributed by atoms with Crippen LogP contribution in [0.15, 0.2) is 54.7 Å². The number of hydrogen-bond donors (Lipinski definition) is 0. The van der Waals surface area contributed by atoms with Crippen molar-refractivity contribution >= 4 is 32.6 Å². The Labute approximate surface area is 179 Å². The minimum absolute atomic E-state index is 0.0504. The quantitative estimate of drug-likeness (QED) is 0.504. The summed E-state index contributed by atoms with van der Waals surface area (Å²) < 4.78 is 3.04. The molecule has 0 aliphatic carbocycles. The van der Waals surface area contributed by atoms with E-state index in [4.69, 9.17) is 4.98 Å². The van der Waals surface area contributed by atoms with Gasteiger partial charge in [-0.2, -0.15) is 5.10 Å². The first-order chi connectivity index (χ1) is 14.6. The van der Waals surface area contributed by atoms with Crippen LogP contribution in [-0.2, 0) is 0 Å². The molecule has 0 unspecified atom stereocenters. The Kier molecular flexibility index (Phi) is 4.75. The number of carbonyl (C=O) groups is 1. The number of para-hydroxylation sites is 2. The molecule has 3 heterocycles. The zero-order valence-corrected chi connectivity index (χ0v) is 17.9. The summed E-state index contributed by atoms with van der Waals surface area (Å²) >= 11 is 1.73. The topological polar surface area (TPSA) is 54.3 Å². The average molecular weight is 418 g/mol. The van der Waals surface area contributed by atoms with Gasteiger partial charge in [-0.3, -0.25) is 4.79 Å². The van der Waals surface area contributed by atoms with Gasteiger partial charge in [0, 0.05) is 26.2 Å². The molecule has 4 aromatic rings. The molecule has 0 spiro atoms. The number of fused-ring (bicyclic) bond motifs is 1. The summed E-state index contributed by atoms with van der Waals surface area (Å²) in [5, 5.41) is 5.49. The maximum Gasteiger partial charge on any atom is 0.257 e. The van der Waals surface area contributed by atoms with Gasteiger partial charge in [0.2, 0.25) is 0 Å². The molecule has 30 heavy (non-hydrogen) atoms. The lowest BCUT2D eigenvalue weighted by atomic mass is 10.2. The number of nitrogens with zero attached hydrogens (tertiary/aromatic N) is 5. The monoisotopic (exact) mass is 417 g/mol. The molecule has 5 rings (SSSR count). The third-order valence-corrected chi connectivity index (χ3v) is 6.77. The number of aryl methyl sites for hydroxylation is 1. The molecule has 0 atom stereocenters. The second kappa shape index (κ2) is 7.57. The fraction of sp³-hybridized carbons (Fsp3) is 0.261. The van der Waals surface area contributed by atoms with Crippen LogP contribution in [0.25, 0.3) is 15.9 Å². The largest absolute Gasteiger partial charge is 0.345 e. The molecule has 0 saturated carbocycles. The molecule has 1 aliphatic heterocycles. The summed E-state index contributed by atoms with van der Waals surface area (Å²) in [5.41, 5.74) is 4.79. The Morgan fingerprint density at radius 1 is 0.967 bits per heavy atom. The van der Waals surface area contributed by atoms with Gasteiger partial charge in [-0.15, -0.1) is 0 Å². The highest BCUT2D eigenvalue weighted by atomic mass is 32.1. The summed E-state index contributed by atoms with van der Waals surface area (Å²) in [7, 11) is 0. The molecule has 2 aromatic carbocycles. The average Bonchev–Trinajstić information content (AvgIpc) is 3.39. The Morgan fingerprint density at radius 2 is 1.73 bits per heavy atom. The van der Waals surface area contributed by atoms with E-state index in [0.29, 0.717) is 18.7 Å². The lowest BCUT2D eigenvalue weighted by Crippen LogP contribution is -2.48. The number of aromatic nitrogens is 3. The van der Waals surface area contributed by atoms with Gasteiger partial charge in [-0.05, 0) is 37.6 Å². The zero-order valence-electron chi connectivity index (χ0n) is 17.1. The van der Waals surface area contributed by atoms with Gasteiger partial charge < -0.3 is 9.80 Å². The smallest absolute Gasteiger partial charge is 0.257 e. The van der Waals surface area contributed by atoms with E-state index >= 15 is 0 Å². The Morgan fingerprint density at radius 3 is 2.47 bits per heavy atom. The highest BCUT2D eigenvalue weighted by molar-refractivity contribution is 7.22. The van der Waals surface area contributed by atoms with E-state index in [1.807, 2.05) is 46.8 Å². The minimum Gasteiger partial charge on any atom is -0.345 e. The molecule has 1 aliphatic rings. The van der Waals surface area contributed by atoms with E-state index in [0.717, 1.165) is 35.1 Å². The van der Waals surface area contributed by atoms with Crippen LogP contribution < -0.4 is 4.90 Å². The summed E-state index contributed by atoms with van der Waals surface area (Å²) in [6.45, 7) is 6.99. The Hall–Kier alpha value is -3.19. The molecule has 2 aromatic heterocycles. The molecule has 152 valence electrons. The van der Waals surface area contributed by atoms with Crippen molar-refractivity contribution in [1.82, 2.24) is 19.7 Å². The predicted molar refractivity (Wildman–Crippen MR) is 121 cm³/mol. The van der Waals surface area contributed by atoms with Crippen molar-refractivity contribution in [2.75, 3.05) is 31.1 Å². The van der Waals surface area contributed by atoms with Crippen molar-refractivity contribution in [3.05, 3.63) is 71.5 Å². The first kappa shape index (κ1) is 18.8. The number of carbonyl (C=O) groups excluding carboxylic acids is 1. The van der Waals surface area contributed by atoms with E-state index in [9.17, 15) is 4.79 Å². The number of hydrogen-bond acceptors (Lipinski definition) is 5. The van der Waals surface area contributed by atoms with Gasteiger partial charge in [0.15, 0.2) is 5.13 Å². The van der Waals surface area contributed by atoms with Crippen molar-refractivity contribution < 1.29 is 4.79 Å². The van der Waals surface area contributed by atoms with Crippen LogP contribution in [0.1, 0.15) is 21.6 Å². The van der Waals surface area contributed by atoms with Gasteiger partial charge in [-0.25, -0.2) is 9.67 Å². The first-order valence-electron chi connectivity index (χ1n) is 10.1. The molecule has 0 radical (unpaired) electrons. The number of piperazine rings is 1. The maximum atomic E-state index is 13.1. The van der Waals surface area contributed by atoms with Crippen molar-refractivity contribution in [1.29, 1.82) is 0 Å². The van der Waals surface area contributed by atoms with Crippen molar-refractivity contribution in [3.8, 4) is 5.69 Å². The Balaban J connectivity index is 1.30. The normalized spacial score (nSPS) is 14.5. The first-order valence-corrected chi connectivity index (χ1v) is 10.9. The standard InChI is InChI=1S/C23H23N5OS/c1-16-7-6-10-20-21(16)25-23(30-20)27-13-11-26(12-14-27)22(29)19-15-24-28(17(19)2)18-8-4-3-5-9-18/h3-10,15H,11-14H2,1-2H3. The zero-order chi connectivity index (χ0) is 20.7. The number of amides is 1. The van der Waals surface area contributed by atoms with Crippen molar-refractivity contribution in [2.45, 2.75) is 13.8 Å². The van der Waals surface area contributed by atoms with Crippen LogP contribution in [0.4, 0.5) is 5.13 Å². The fourth-order valence-corrected chi connectivity index (χ4v) is 5.03. The predicted octanol–water partition coefficient (Wildman–Crippen LogP) is 4.06. The second-order valence-corrected chi connectivity index (χ2v) is 8.60. The van der Waals surface area contributed by atoms with Crippen LogP contribution in [0.2, 0.25) is 0 Å². The van der Waals surface area contributed by atoms with Gasteiger partial charge >= 0.3 is 0 Å². The number of anilines is 1. The highest BCUT2D eigenvalue weighted by Crippen LogP contribution is 2.31. The lowest BCUT2D eigenvalue weighted by molar-refractivity contribution is 0.0746. The molecular formula is C23H23N5OS. The lowest BCUT2D eigenvalue weighted by Gasteiger charge is -2.34. The maximum absolute atomic E-state index is 13.1. The van der Waals surface area contributed by atoms with Gasteiger partial charge in [0.25, 0.3) is 5.91 Å². The number of benzene rings is 2. The number of thiazole rings is 1. The summed E-state index contributed by atoms with van der Waals surface area (Å²) in [4.78, 5) is 22.2. The van der Waals surface area contributed by atoms with Gasteiger partial charge in [-0.1, -0.05) is 41.7 Å². The molecule has 1 amide bonds.